The Balaban J connectivity index is 1.32. The first-order valence-corrected chi connectivity index (χ1v) is 15.3. The normalized spacial score (nSPS) is 10.9. The second kappa shape index (κ2) is 15.1. The zero-order valence-electron chi connectivity index (χ0n) is 24.5. The summed E-state index contributed by atoms with van der Waals surface area (Å²) in [4.78, 5) is 35.7. The van der Waals surface area contributed by atoms with E-state index in [4.69, 9.17) is 18.9 Å². The van der Waals surface area contributed by atoms with Gasteiger partial charge in [0.2, 0.25) is 9.84 Å². The van der Waals surface area contributed by atoms with Gasteiger partial charge in [0.15, 0.2) is 0 Å². The molecule has 46 heavy (non-hydrogen) atoms. The summed E-state index contributed by atoms with van der Waals surface area (Å²) in [5, 5.41) is 0. The summed E-state index contributed by atoms with van der Waals surface area (Å²) in [6.45, 7) is 5.41. The highest BCUT2D eigenvalue weighted by atomic mass is 32.2. The zero-order chi connectivity index (χ0) is 33.3. The summed E-state index contributed by atoms with van der Waals surface area (Å²) >= 11 is 0. The number of carbonyl (C=O) groups excluding carboxylic acids is 3. The standard InChI is InChI=1S/C34H28F2O9S/c1-3-32(37)43-19-5-4-18-42-25-11-17-29(31(36)21-25)34(39)45-24-9-14-27(15-10-24)46(40,41)26-12-7-23(8-13-26)44-33(38)28-16-6-22(2)20-30(28)35/h3,6-17,20-21H,1,4-5,18-19H2,2H3. The maximum absolute atomic E-state index is 14.6. The second-order valence-electron chi connectivity index (χ2n) is 9.78. The van der Waals surface area contributed by atoms with E-state index in [2.05, 4.69) is 6.58 Å². The van der Waals surface area contributed by atoms with Gasteiger partial charge in [-0.3, -0.25) is 0 Å². The average molecular weight is 651 g/mol. The van der Waals surface area contributed by atoms with Crippen molar-refractivity contribution in [3.05, 3.63) is 126 Å². The van der Waals surface area contributed by atoms with Gasteiger partial charge in [0, 0.05) is 12.1 Å². The van der Waals surface area contributed by atoms with Gasteiger partial charge in [-0.1, -0.05) is 12.6 Å². The van der Waals surface area contributed by atoms with Gasteiger partial charge >= 0.3 is 17.9 Å². The lowest BCUT2D eigenvalue weighted by atomic mass is 10.1. The van der Waals surface area contributed by atoms with E-state index in [-0.39, 0.29) is 51.4 Å². The Hall–Kier alpha value is -5.36. The molecule has 4 aromatic rings. The molecule has 0 radical (unpaired) electrons. The molecule has 0 aromatic heterocycles. The SMILES string of the molecule is C=CC(=O)OCCCCOc1ccc(C(=O)Oc2ccc(S(=O)(=O)c3ccc(OC(=O)c4ccc(C)cc4F)cc3)cc2)c(F)c1. The van der Waals surface area contributed by atoms with Gasteiger partial charge in [-0.25, -0.2) is 31.6 Å². The van der Waals surface area contributed by atoms with Crippen molar-refractivity contribution in [3.8, 4) is 17.2 Å². The monoisotopic (exact) mass is 650 g/mol. The predicted molar refractivity (Wildman–Crippen MR) is 162 cm³/mol. The van der Waals surface area contributed by atoms with Crippen LogP contribution in [0.1, 0.15) is 39.1 Å². The number of rotatable bonds is 13. The number of hydrogen-bond donors (Lipinski definition) is 0. The van der Waals surface area contributed by atoms with Crippen LogP contribution in [0, 0.1) is 18.6 Å². The van der Waals surface area contributed by atoms with E-state index >= 15 is 0 Å². The number of ether oxygens (including phenoxy) is 4. The van der Waals surface area contributed by atoms with Crippen LogP contribution < -0.4 is 14.2 Å². The van der Waals surface area contributed by atoms with Crippen molar-refractivity contribution in [1.29, 1.82) is 0 Å². The number of benzene rings is 4. The van der Waals surface area contributed by atoms with Crippen LogP contribution in [0.25, 0.3) is 0 Å². The van der Waals surface area contributed by atoms with Crippen molar-refractivity contribution in [1.82, 2.24) is 0 Å². The zero-order valence-corrected chi connectivity index (χ0v) is 25.4. The van der Waals surface area contributed by atoms with Gasteiger partial charge in [0.05, 0.1) is 34.1 Å². The predicted octanol–water partition coefficient (Wildman–Crippen LogP) is 6.43. The third-order valence-corrected chi connectivity index (χ3v) is 8.20. The Labute approximate surface area is 263 Å². The topological polar surface area (TPSA) is 122 Å². The fourth-order valence-electron chi connectivity index (χ4n) is 4.00. The van der Waals surface area contributed by atoms with Crippen LogP contribution in [0.2, 0.25) is 0 Å². The Kier molecular flexibility index (Phi) is 11.0. The first kappa shape index (κ1) is 33.5. The van der Waals surface area contributed by atoms with Crippen LogP contribution in [0.5, 0.6) is 17.2 Å². The molecule has 4 rings (SSSR count). The lowest BCUT2D eigenvalue weighted by Gasteiger charge is -2.10. The van der Waals surface area contributed by atoms with Gasteiger partial charge in [-0.15, -0.1) is 0 Å². The number of carbonyl (C=O) groups is 3. The van der Waals surface area contributed by atoms with E-state index in [1.54, 1.807) is 13.0 Å². The van der Waals surface area contributed by atoms with Crippen LogP contribution in [0.3, 0.4) is 0 Å². The fraction of sp³-hybridized carbons (Fsp3) is 0.147. The largest absolute Gasteiger partial charge is 0.493 e. The van der Waals surface area contributed by atoms with Crippen molar-refractivity contribution in [3.63, 3.8) is 0 Å². The van der Waals surface area contributed by atoms with Gasteiger partial charge in [-0.2, -0.15) is 0 Å². The number of hydrogen-bond acceptors (Lipinski definition) is 9. The molecule has 0 aliphatic rings. The molecule has 238 valence electrons. The van der Waals surface area contributed by atoms with Crippen molar-refractivity contribution >= 4 is 27.7 Å². The third-order valence-electron chi connectivity index (χ3n) is 6.41. The van der Waals surface area contributed by atoms with E-state index in [9.17, 15) is 31.6 Å². The second-order valence-corrected chi connectivity index (χ2v) is 11.7. The van der Waals surface area contributed by atoms with E-state index in [0.29, 0.717) is 18.4 Å². The smallest absolute Gasteiger partial charge is 0.346 e. The minimum Gasteiger partial charge on any atom is -0.493 e. The van der Waals surface area contributed by atoms with Gasteiger partial charge in [-0.05, 0) is 98.1 Å². The number of unbranched alkanes of at least 4 members (excludes halogenated alkanes) is 1. The molecule has 0 saturated heterocycles. The summed E-state index contributed by atoms with van der Waals surface area (Å²) in [7, 11) is -4.02. The molecule has 4 aromatic carbocycles. The van der Waals surface area contributed by atoms with Crippen molar-refractivity contribution in [2.75, 3.05) is 13.2 Å². The minimum absolute atomic E-state index is 0.0155. The first-order valence-electron chi connectivity index (χ1n) is 13.8. The molecule has 0 fully saturated rings. The van der Waals surface area contributed by atoms with Crippen LogP contribution in [0.4, 0.5) is 8.78 Å². The van der Waals surface area contributed by atoms with E-state index in [1.807, 2.05) is 0 Å². The average Bonchev–Trinajstić information content (AvgIpc) is 3.03. The highest BCUT2D eigenvalue weighted by Crippen LogP contribution is 2.26. The van der Waals surface area contributed by atoms with Crippen molar-refractivity contribution in [2.45, 2.75) is 29.6 Å². The molecule has 0 unspecified atom stereocenters. The van der Waals surface area contributed by atoms with Crippen LogP contribution >= 0.6 is 0 Å². The molecule has 0 heterocycles. The molecule has 0 N–H and O–H groups in total. The summed E-state index contributed by atoms with van der Waals surface area (Å²) in [6.07, 6.45) is 2.14. The van der Waals surface area contributed by atoms with E-state index in [1.165, 1.54) is 72.8 Å². The number of aryl methyl sites for hydroxylation is 1. The van der Waals surface area contributed by atoms with E-state index in [0.717, 1.165) is 12.1 Å². The Morgan fingerprint density at radius 3 is 1.67 bits per heavy atom. The molecule has 12 heteroatoms. The summed E-state index contributed by atoms with van der Waals surface area (Å²) in [6, 6.07) is 17.6. The molecule has 9 nitrogen and oxygen atoms in total. The maximum atomic E-state index is 14.6. The Morgan fingerprint density at radius 1 is 0.696 bits per heavy atom. The molecular formula is C34H28F2O9S. The third kappa shape index (κ3) is 8.63. The van der Waals surface area contributed by atoms with Crippen LogP contribution in [-0.2, 0) is 19.4 Å². The number of sulfone groups is 1. The minimum atomic E-state index is -4.02. The molecule has 0 spiro atoms. The summed E-state index contributed by atoms with van der Waals surface area (Å²) < 4.78 is 75.6. The Bertz CT molecular complexity index is 1850. The number of esters is 3. The van der Waals surface area contributed by atoms with Gasteiger partial charge in [0.1, 0.15) is 28.9 Å². The summed E-state index contributed by atoms with van der Waals surface area (Å²) in [5.74, 6) is -3.87. The Morgan fingerprint density at radius 2 is 1.17 bits per heavy atom. The molecule has 0 bridgehead atoms. The quantitative estimate of drug-likeness (QED) is 0.0697. The van der Waals surface area contributed by atoms with E-state index < -0.39 is 39.4 Å². The van der Waals surface area contributed by atoms with Crippen molar-refractivity contribution in [2.24, 2.45) is 0 Å². The molecule has 0 atom stereocenters. The molecule has 0 aliphatic carbocycles. The van der Waals surface area contributed by atoms with Crippen LogP contribution in [-0.4, -0.2) is 39.5 Å². The first-order chi connectivity index (χ1) is 22.0. The summed E-state index contributed by atoms with van der Waals surface area (Å²) in [5.41, 5.74) is 0.0216. The van der Waals surface area contributed by atoms with Gasteiger partial charge < -0.3 is 18.9 Å². The molecule has 0 aliphatic heterocycles. The maximum Gasteiger partial charge on any atom is 0.346 e. The lowest BCUT2D eigenvalue weighted by molar-refractivity contribution is -0.137. The van der Waals surface area contributed by atoms with Gasteiger partial charge in [0.25, 0.3) is 0 Å². The van der Waals surface area contributed by atoms with Crippen molar-refractivity contribution < 1.29 is 50.5 Å². The molecule has 0 amide bonds. The fourth-order valence-corrected chi connectivity index (χ4v) is 5.26. The molecular weight excluding hydrogens is 622 g/mol. The number of halogens is 2. The van der Waals surface area contributed by atoms with Crippen LogP contribution in [0.15, 0.2) is 107 Å². The highest BCUT2D eigenvalue weighted by Gasteiger charge is 2.20. The lowest BCUT2D eigenvalue weighted by Crippen LogP contribution is -2.11. The molecule has 0 saturated carbocycles. The highest BCUT2D eigenvalue weighted by molar-refractivity contribution is 7.91.